The van der Waals surface area contributed by atoms with Crippen LogP contribution in [0.5, 0.6) is 0 Å². The molecule has 10 heteroatoms. The third-order valence-electron chi connectivity index (χ3n) is 5.21. The zero-order chi connectivity index (χ0) is 22.7. The molecule has 1 fully saturated rings. The van der Waals surface area contributed by atoms with E-state index in [-0.39, 0.29) is 18.4 Å². The van der Waals surface area contributed by atoms with Gasteiger partial charge in [-0.15, -0.1) is 11.3 Å². The van der Waals surface area contributed by atoms with Crippen molar-refractivity contribution in [2.75, 3.05) is 26.2 Å². The summed E-state index contributed by atoms with van der Waals surface area (Å²) in [6.45, 7) is 6.39. The summed E-state index contributed by atoms with van der Waals surface area (Å²) in [5.41, 5.74) is 2.08. The maximum absolute atomic E-state index is 13.4. The largest absolute Gasteiger partial charge is 0.374 e. The number of rotatable bonds is 7. The van der Waals surface area contributed by atoms with Crippen molar-refractivity contribution in [1.29, 1.82) is 0 Å². The van der Waals surface area contributed by atoms with Crippen LogP contribution in [0.25, 0.3) is 10.7 Å². The lowest BCUT2D eigenvalue weighted by Gasteiger charge is -2.33. The molecule has 0 aliphatic carbocycles. The van der Waals surface area contributed by atoms with Crippen molar-refractivity contribution >= 4 is 17.2 Å². The summed E-state index contributed by atoms with van der Waals surface area (Å²) >= 11 is 1.48. The lowest BCUT2D eigenvalue weighted by atomic mass is 10.1. The highest BCUT2D eigenvalue weighted by Crippen LogP contribution is 2.27. The molecule has 1 aliphatic heterocycles. The second-order valence-corrected chi connectivity index (χ2v) is 9.01. The molecule has 0 radical (unpaired) electrons. The number of aromatic nitrogens is 2. The molecule has 0 bridgehead atoms. The molecule has 3 aromatic rings. The number of carbonyl (C=O) groups is 1. The summed E-state index contributed by atoms with van der Waals surface area (Å²) in [4.78, 5) is 20.1. The Morgan fingerprint density at radius 3 is 2.88 bits per heavy atom. The number of nitrogens with zero attached hydrogens (tertiary/aromatic N) is 3. The number of morpholine rings is 1. The Morgan fingerprint density at radius 1 is 1.28 bits per heavy atom. The highest BCUT2D eigenvalue weighted by Gasteiger charge is 2.22. The van der Waals surface area contributed by atoms with Gasteiger partial charge in [-0.25, -0.2) is 13.8 Å². The van der Waals surface area contributed by atoms with E-state index < -0.39 is 11.6 Å². The van der Waals surface area contributed by atoms with Gasteiger partial charge in [0.15, 0.2) is 11.6 Å². The van der Waals surface area contributed by atoms with Crippen molar-refractivity contribution < 1.29 is 22.8 Å². The minimum atomic E-state index is -0.852. The Bertz CT molecular complexity index is 1100. The van der Waals surface area contributed by atoms with Crippen molar-refractivity contribution in [2.45, 2.75) is 32.9 Å². The molecule has 1 N–H and O–H groups in total. The number of benzene rings is 1. The first-order chi connectivity index (χ1) is 15.4. The second kappa shape index (κ2) is 9.85. The van der Waals surface area contributed by atoms with Crippen LogP contribution in [0.4, 0.5) is 8.78 Å². The maximum Gasteiger partial charge on any atom is 0.226 e. The Hall–Kier alpha value is -2.69. The Kier molecular flexibility index (Phi) is 6.92. The van der Waals surface area contributed by atoms with Gasteiger partial charge >= 0.3 is 0 Å². The molecular formula is C22H24F2N4O3S. The fourth-order valence-electron chi connectivity index (χ4n) is 3.55. The molecule has 1 aliphatic rings. The molecule has 1 amide bonds. The topological polar surface area (TPSA) is 80.5 Å². The van der Waals surface area contributed by atoms with Crippen molar-refractivity contribution in [3.63, 3.8) is 0 Å². The standard InChI is InChI=1S/C22H24F2N4O3S/c1-13-7-20(27-31-13)22-26-19(14(2)32-22)9-21(29)25-10-16-12-28(5-6-30-16)11-15-3-4-17(23)18(24)8-15/h3-4,7-8,16H,5-6,9-12H2,1-2H3,(H,25,29)/t16-/m0/s1. The summed E-state index contributed by atoms with van der Waals surface area (Å²) in [6.07, 6.45) is -0.00651. The van der Waals surface area contributed by atoms with Crippen LogP contribution < -0.4 is 5.32 Å². The Balaban J connectivity index is 1.27. The predicted molar refractivity (Wildman–Crippen MR) is 115 cm³/mol. The molecule has 32 heavy (non-hydrogen) atoms. The molecule has 7 nitrogen and oxygen atoms in total. The zero-order valence-corrected chi connectivity index (χ0v) is 18.7. The summed E-state index contributed by atoms with van der Waals surface area (Å²) in [5.74, 6) is -1.13. The van der Waals surface area contributed by atoms with E-state index in [2.05, 4.69) is 20.4 Å². The van der Waals surface area contributed by atoms with Gasteiger partial charge in [-0.05, 0) is 31.5 Å². The SMILES string of the molecule is Cc1cc(-c2nc(CC(=O)NC[C@H]3CN(Cc4ccc(F)c(F)c4)CCO3)c(C)s2)no1. The van der Waals surface area contributed by atoms with Crippen LogP contribution >= 0.6 is 11.3 Å². The van der Waals surface area contributed by atoms with Gasteiger partial charge in [0.25, 0.3) is 0 Å². The van der Waals surface area contributed by atoms with Crippen LogP contribution in [0.2, 0.25) is 0 Å². The van der Waals surface area contributed by atoms with E-state index in [9.17, 15) is 13.6 Å². The number of halogens is 2. The maximum atomic E-state index is 13.4. The van der Waals surface area contributed by atoms with Gasteiger partial charge in [0.1, 0.15) is 16.5 Å². The number of amides is 1. The summed E-state index contributed by atoms with van der Waals surface area (Å²) in [7, 11) is 0. The smallest absolute Gasteiger partial charge is 0.226 e. The lowest BCUT2D eigenvalue weighted by Crippen LogP contribution is -2.47. The zero-order valence-electron chi connectivity index (χ0n) is 17.9. The Labute approximate surface area is 188 Å². The third kappa shape index (κ3) is 5.56. The number of aryl methyl sites for hydroxylation is 2. The van der Waals surface area contributed by atoms with E-state index in [1.807, 2.05) is 19.9 Å². The first kappa shape index (κ1) is 22.5. The van der Waals surface area contributed by atoms with Gasteiger partial charge in [0.2, 0.25) is 5.91 Å². The summed E-state index contributed by atoms with van der Waals surface area (Å²) < 4.78 is 37.4. The van der Waals surface area contributed by atoms with E-state index in [1.54, 1.807) is 6.07 Å². The minimum Gasteiger partial charge on any atom is -0.374 e. The Morgan fingerprint density at radius 2 is 2.12 bits per heavy atom. The van der Waals surface area contributed by atoms with E-state index in [0.29, 0.717) is 55.5 Å². The number of carbonyl (C=O) groups excluding carboxylic acids is 1. The van der Waals surface area contributed by atoms with Gasteiger partial charge in [0.05, 0.1) is 24.8 Å². The van der Waals surface area contributed by atoms with Crippen LogP contribution in [-0.2, 0) is 22.5 Å². The second-order valence-electron chi connectivity index (χ2n) is 7.80. The molecule has 170 valence electrons. The van der Waals surface area contributed by atoms with E-state index in [1.165, 1.54) is 17.4 Å². The van der Waals surface area contributed by atoms with Crippen molar-refractivity contribution in [1.82, 2.24) is 20.4 Å². The molecule has 1 atom stereocenters. The number of nitrogens with one attached hydrogen (secondary N) is 1. The van der Waals surface area contributed by atoms with Gasteiger partial charge in [-0.2, -0.15) is 0 Å². The van der Waals surface area contributed by atoms with Crippen LogP contribution in [0.3, 0.4) is 0 Å². The summed E-state index contributed by atoms with van der Waals surface area (Å²) in [5, 5.41) is 7.62. The fraction of sp³-hybridized carbons (Fsp3) is 0.409. The van der Waals surface area contributed by atoms with Crippen LogP contribution in [0.15, 0.2) is 28.8 Å². The van der Waals surface area contributed by atoms with Crippen LogP contribution in [0.1, 0.15) is 21.9 Å². The number of ether oxygens (including phenoxy) is 1. The first-order valence-corrected chi connectivity index (χ1v) is 11.1. The number of thiazole rings is 1. The lowest BCUT2D eigenvalue weighted by molar-refractivity contribution is -0.121. The molecule has 2 aromatic heterocycles. The predicted octanol–water partition coefficient (Wildman–Crippen LogP) is 3.25. The van der Waals surface area contributed by atoms with Crippen molar-refractivity contribution in [3.05, 3.63) is 57.8 Å². The number of hydrogen-bond donors (Lipinski definition) is 1. The van der Waals surface area contributed by atoms with Crippen LogP contribution in [0, 0.1) is 25.5 Å². The number of hydrogen-bond acceptors (Lipinski definition) is 7. The van der Waals surface area contributed by atoms with Gasteiger partial charge in [0, 0.05) is 37.1 Å². The van der Waals surface area contributed by atoms with Gasteiger partial charge < -0.3 is 14.6 Å². The van der Waals surface area contributed by atoms with Crippen molar-refractivity contribution in [3.8, 4) is 10.7 Å². The molecule has 1 saturated heterocycles. The van der Waals surface area contributed by atoms with Gasteiger partial charge in [-0.1, -0.05) is 11.2 Å². The average molecular weight is 463 g/mol. The first-order valence-electron chi connectivity index (χ1n) is 10.3. The van der Waals surface area contributed by atoms with E-state index in [0.717, 1.165) is 16.0 Å². The minimum absolute atomic E-state index is 0.136. The average Bonchev–Trinajstić information content (AvgIpc) is 3.35. The van der Waals surface area contributed by atoms with Crippen molar-refractivity contribution in [2.24, 2.45) is 0 Å². The fourth-order valence-corrected chi connectivity index (χ4v) is 4.44. The van der Waals surface area contributed by atoms with E-state index >= 15 is 0 Å². The molecule has 0 unspecified atom stereocenters. The summed E-state index contributed by atoms with van der Waals surface area (Å²) in [6, 6.07) is 5.75. The highest BCUT2D eigenvalue weighted by atomic mass is 32.1. The molecule has 4 rings (SSSR count). The molecular weight excluding hydrogens is 438 g/mol. The van der Waals surface area contributed by atoms with E-state index in [4.69, 9.17) is 9.26 Å². The molecule has 0 spiro atoms. The normalized spacial score (nSPS) is 16.9. The van der Waals surface area contributed by atoms with Crippen LogP contribution in [-0.4, -0.2) is 53.3 Å². The quantitative estimate of drug-likeness (QED) is 0.581. The van der Waals surface area contributed by atoms with Gasteiger partial charge in [-0.3, -0.25) is 9.69 Å². The third-order valence-corrected chi connectivity index (χ3v) is 6.24. The molecule has 3 heterocycles. The molecule has 1 aromatic carbocycles. The monoisotopic (exact) mass is 462 g/mol. The molecule has 0 saturated carbocycles. The highest BCUT2D eigenvalue weighted by molar-refractivity contribution is 7.15.